The summed E-state index contributed by atoms with van der Waals surface area (Å²) >= 11 is 1.68. The topological polar surface area (TPSA) is 50.5 Å². The number of likely N-dealkylation sites (tertiary alicyclic amines) is 1. The normalized spacial score (nSPS) is 20.5. The third-order valence-corrected chi connectivity index (χ3v) is 4.90. The molecule has 120 valence electrons. The fourth-order valence-corrected chi connectivity index (χ4v) is 3.69. The standard InChI is InChI=1S/C16H23N3O2S/c1-18-9-13(8-17-18)16-5-2-6-19(16)10-14(20)11-21-12-15-4-3-7-22-15/h3-4,7-9,14,16,20H,2,5-6,10-12H2,1H3/t14-,16+/m0/s1. The smallest absolute Gasteiger partial charge is 0.0900 e. The summed E-state index contributed by atoms with van der Waals surface area (Å²) in [5, 5.41) is 16.5. The van der Waals surface area contributed by atoms with E-state index in [0.29, 0.717) is 25.8 Å². The van der Waals surface area contributed by atoms with Crippen molar-refractivity contribution in [1.82, 2.24) is 14.7 Å². The van der Waals surface area contributed by atoms with Gasteiger partial charge in [0.25, 0.3) is 0 Å². The number of aliphatic hydroxyl groups excluding tert-OH is 1. The van der Waals surface area contributed by atoms with Gasteiger partial charge in [0, 0.05) is 36.3 Å². The van der Waals surface area contributed by atoms with Crippen molar-refractivity contribution in [1.29, 1.82) is 0 Å². The van der Waals surface area contributed by atoms with Crippen LogP contribution in [0.4, 0.5) is 0 Å². The highest BCUT2D eigenvalue weighted by molar-refractivity contribution is 7.09. The lowest BCUT2D eigenvalue weighted by Gasteiger charge is -2.26. The van der Waals surface area contributed by atoms with Gasteiger partial charge in [-0.3, -0.25) is 9.58 Å². The number of nitrogens with zero attached hydrogens (tertiary/aromatic N) is 3. The molecule has 2 aromatic rings. The molecule has 1 N–H and O–H groups in total. The van der Waals surface area contributed by atoms with Crippen LogP contribution < -0.4 is 0 Å². The molecule has 0 bridgehead atoms. The number of β-amino-alcohol motifs (C(OH)–C–C–N with tert-alkyl or cyclic N) is 1. The lowest BCUT2D eigenvalue weighted by atomic mass is 10.1. The van der Waals surface area contributed by atoms with Crippen LogP contribution in [0.25, 0.3) is 0 Å². The summed E-state index contributed by atoms with van der Waals surface area (Å²) in [4.78, 5) is 3.54. The molecule has 0 aromatic carbocycles. The van der Waals surface area contributed by atoms with Crippen molar-refractivity contribution < 1.29 is 9.84 Å². The Hall–Kier alpha value is -1.21. The zero-order valence-electron chi connectivity index (χ0n) is 12.9. The minimum Gasteiger partial charge on any atom is -0.389 e. The van der Waals surface area contributed by atoms with Gasteiger partial charge in [-0.25, -0.2) is 0 Å². The maximum atomic E-state index is 10.2. The van der Waals surface area contributed by atoms with Gasteiger partial charge in [-0.2, -0.15) is 5.10 Å². The fourth-order valence-electron chi connectivity index (χ4n) is 3.05. The van der Waals surface area contributed by atoms with Gasteiger partial charge in [0.15, 0.2) is 0 Å². The molecule has 0 aliphatic carbocycles. The van der Waals surface area contributed by atoms with Crippen molar-refractivity contribution in [2.45, 2.75) is 31.6 Å². The van der Waals surface area contributed by atoms with Crippen molar-refractivity contribution in [3.8, 4) is 0 Å². The Labute approximate surface area is 135 Å². The Balaban J connectivity index is 1.46. The third-order valence-electron chi connectivity index (χ3n) is 4.05. The Morgan fingerprint density at radius 3 is 3.18 bits per heavy atom. The molecular weight excluding hydrogens is 298 g/mol. The predicted octanol–water partition coefficient (Wildman–Crippen LogP) is 2.20. The SMILES string of the molecule is Cn1cc([C@H]2CCCN2C[C@H](O)COCc2cccs2)cn1. The molecule has 1 aliphatic heterocycles. The molecule has 1 saturated heterocycles. The second-order valence-corrected chi connectivity index (χ2v) is 6.88. The van der Waals surface area contributed by atoms with E-state index in [0.717, 1.165) is 13.0 Å². The van der Waals surface area contributed by atoms with Crippen molar-refractivity contribution >= 4 is 11.3 Å². The van der Waals surface area contributed by atoms with E-state index in [-0.39, 0.29) is 0 Å². The van der Waals surface area contributed by atoms with Crippen LogP contribution in [0.5, 0.6) is 0 Å². The Morgan fingerprint density at radius 2 is 2.45 bits per heavy atom. The van der Waals surface area contributed by atoms with Crippen LogP contribution in [0.15, 0.2) is 29.9 Å². The molecule has 2 atom stereocenters. The number of aryl methyl sites for hydroxylation is 1. The van der Waals surface area contributed by atoms with E-state index in [1.165, 1.54) is 16.9 Å². The maximum Gasteiger partial charge on any atom is 0.0900 e. The van der Waals surface area contributed by atoms with Gasteiger partial charge in [0.2, 0.25) is 0 Å². The maximum absolute atomic E-state index is 10.2. The van der Waals surface area contributed by atoms with E-state index >= 15 is 0 Å². The average Bonchev–Trinajstić information content (AvgIpc) is 3.20. The van der Waals surface area contributed by atoms with E-state index in [1.54, 1.807) is 11.3 Å². The van der Waals surface area contributed by atoms with Gasteiger partial charge < -0.3 is 9.84 Å². The van der Waals surface area contributed by atoms with Crippen molar-refractivity contribution in [3.63, 3.8) is 0 Å². The molecule has 0 saturated carbocycles. The minimum atomic E-state index is -0.447. The van der Waals surface area contributed by atoms with E-state index in [2.05, 4.69) is 22.3 Å². The van der Waals surface area contributed by atoms with Crippen LogP contribution in [-0.2, 0) is 18.4 Å². The van der Waals surface area contributed by atoms with Crippen molar-refractivity contribution in [2.75, 3.05) is 19.7 Å². The fraction of sp³-hybridized carbons (Fsp3) is 0.562. The zero-order valence-corrected chi connectivity index (χ0v) is 13.7. The quantitative estimate of drug-likeness (QED) is 0.849. The van der Waals surface area contributed by atoms with E-state index < -0.39 is 6.10 Å². The summed E-state index contributed by atoms with van der Waals surface area (Å²) in [5.74, 6) is 0. The highest BCUT2D eigenvalue weighted by Crippen LogP contribution is 2.31. The first-order valence-corrected chi connectivity index (χ1v) is 8.61. The number of rotatable bonds is 7. The van der Waals surface area contributed by atoms with Gasteiger partial charge in [-0.05, 0) is 30.8 Å². The summed E-state index contributed by atoms with van der Waals surface area (Å²) in [6.07, 6.45) is 5.86. The second kappa shape index (κ2) is 7.37. The number of aliphatic hydroxyl groups is 1. The molecule has 1 aliphatic rings. The molecule has 5 nitrogen and oxygen atoms in total. The number of aromatic nitrogens is 2. The lowest BCUT2D eigenvalue weighted by molar-refractivity contribution is 0.00848. The van der Waals surface area contributed by atoms with Gasteiger partial charge in [0.05, 0.1) is 25.5 Å². The van der Waals surface area contributed by atoms with Gasteiger partial charge in [-0.15, -0.1) is 11.3 Å². The van der Waals surface area contributed by atoms with Crippen LogP contribution in [0.1, 0.15) is 29.3 Å². The van der Waals surface area contributed by atoms with Crippen LogP contribution in [-0.4, -0.2) is 45.6 Å². The van der Waals surface area contributed by atoms with Crippen molar-refractivity contribution in [2.24, 2.45) is 7.05 Å². The summed E-state index contributed by atoms with van der Waals surface area (Å²) in [7, 11) is 1.94. The largest absolute Gasteiger partial charge is 0.389 e. The van der Waals surface area contributed by atoms with Crippen molar-refractivity contribution in [3.05, 3.63) is 40.3 Å². The van der Waals surface area contributed by atoms with Gasteiger partial charge >= 0.3 is 0 Å². The Bertz CT molecular complexity index is 570. The molecule has 0 spiro atoms. The summed E-state index contributed by atoms with van der Waals surface area (Å²) in [6.45, 7) is 2.65. The third kappa shape index (κ3) is 3.95. The number of hydrogen-bond acceptors (Lipinski definition) is 5. The second-order valence-electron chi connectivity index (χ2n) is 5.85. The summed E-state index contributed by atoms with van der Waals surface area (Å²) in [5.41, 5.74) is 1.24. The highest BCUT2D eigenvalue weighted by atomic mass is 32.1. The summed E-state index contributed by atoms with van der Waals surface area (Å²) < 4.78 is 7.45. The Kier molecular flexibility index (Phi) is 5.25. The number of hydrogen-bond donors (Lipinski definition) is 1. The van der Waals surface area contributed by atoms with Crippen LogP contribution in [0, 0.1) is 0 Å². The molecule has 22 heavy (non-hydrogen) atoms. The zero-order chi connectivity index (χ0) is 15.4. The molecule has 3 heterocycles. The predicted molar refractivity (Wildman–Crippen MR) is 86.7 cm³/mol. The first-order chi connectivity index (χ1) is 10.7. The Morgan fingerprint density at radius 1 is 1.55 bits per heavy atom. The van der Waals surface area contributed by atoms with Crippen LogP contribution in [0.2, 0.25) is 0 Å². The minimum absolute atomic E-state index is 0.376. The van der Waals surface area contributed by atoms with E-state index in [4.69, 9.17) is 4.74 Å². The molecular formula is C16H23N3O2S. The molecule has 0 radical (unpaired) electrons. The first kappa shape index (κ1) is 15.7. The average molecular weight is 321 g/mol. The number of ether oxygens (including phenoxy) is 1. The van der Waals surface area contributed by atoms with Gasteiger partial charge in [-0.1, -0.05) is 6.07 Å². The van der Waals surface area contributed by atoms with E-state index in [9.17, 15) is 5.11 Å². The molecule has 0 amide bonds. The van der Waals surface area contributed by atoms with Crippen LogP contribution in [0.3, 0.4) is 0 Å². The van der Waals surface area contributed by atoms with Crippen LogP contribution >= 0.6 is 11.3 Å². The van der Waals surface area contributed by atoms with Gasteiger partial charge in [0.1, 0.15) is 0 Å². The first-order valence-electron chi connectivity index (χ1n) is 7.73. The molecule has 3 rings (SSSR count). The molecule has 2 aromatic heterocycles. The lowest BCUT2D eigenvalue weighted by Crippen LogP contribution is -2.34. The molecule has 0 unspecified atom stereocenters. The molecule has 1 fully saturated rings. The van der Waals surface area contributed by atoms with E-state index in [1.807, 2.05) is 29.4 Å². The monoisotopic (exact) mass is 321 g/mol. The highest BCUT2D eigenvalue weighted by Gasteiger charge is 2.28. The molecule has 6 heteroatoms. The summed E-state index contributed by atoms with van der Waals surface area (Å²) in [6, 6.07) is 4.44. The number of thiophene rings is 1.